The van der Waals surface area contributed by atoms with E-state index in [2.05, 4.69) is 5.32 Å². The number of hydrogen-bond donors (Lipinski definition) is 2. The van der Waals surface area contributed by atoms with E-state index in [1.54, 1.807) is 17.0 Å². The van der Waals surface area contributed by atoms with Gasteiger partial charge in [-0.25, -0.2) is 0 Å². The Balaban J connectivity index is 2.64. The standard InChI is InChI=1S/C13H15Cl2N3O2/c14-11-2-1-10(7-12(11)15)8-18(5-6-19)9-13(20)17-4-3-16/h1-2,7,19H,4-6,8-9H2,(H,17,20). The molecule has 0 heterocycles. The number of rotatable bonds is 7. The van der Waals surface area contributed by atoms with E-state index in [1.807, 2.05) is 12.1 Å². The van der Waals surface area contributed by atoms with Crippen LogP contribution in [0.25, 0.3) is 0 Å². The van der Waals surface area contributed by atoms with E-state index >= 15 is 0 Å². The summed E-state index contributed by atoms with van der Waals surface area (Å²) in [4.78, 5) is 13.3. The molecule has 7 heteroatoms. The average Bonchev–Trinajstić information content (AvgIpc) is 2.41. The van der Waals surface area contributed by atoms with Gasteiger partial charge in [-0.05, 0) is 17.7 Å². The molecule has 0 spiro atoms. The molecular weight excluding hydrogens is 301 g/mol. The number of nitriles is 1. The number of carbonyl (C=O) groups is 1. The summed E-state index contributed by atoms with van der Waals surface area (Å²) in [5.41, 5.74) is 0.890. The third-order valence-corrected chi connectivity index (χ3v) is 3.28. The fraction of sp³-hybridized carbons (Fsp3) is 0.385. The van der Waals surface area contributed by atoms with E-state index in [4.69, 9.17) is 33.6 Å². The summed E-state index contributed by atoms with van der Waals surface area (Å²) in [6.07, 6.45) is 0. The van der Waals surface area contributed by atoms with Crippen LogP contribution in [0.15, 0.2) is 18.2 Å². The minimum absolute atomic E-state index is 0.0292. The summed E-state index contributed by atoms with van der Waals surface area (Å²) in [5.74, 6) is -0.264. The summed E-state index contributed by atoms with van der Waals surface area (Å²) in [5, 5.41) is 20.8. The van der Waals surface area contributed by atoms with Gasteiger partial charge in [0.05, 0.1) is 29.3 Å². The zero-order valence-electron chi connectivity index (χ0n) is 10.8. The lowest BCUT2D eigenvalue weighted by Gasteiger charge is -2.20. The summed E-state index contributed by atoms with van der Waals surface area (Å²) in [6.45, 7) is 0.811. The number of aliphatic hydroxyl groups excluding tert-OH is 1. The highest BCUT2D eigenvalue weighted by molar-refractivity contribution is 6.42. The third kappa shape index (κ3) is 5.76. The highest BCUT2D eigenvalue weighted by Crippen LogP contribution is 2.23. The van der Waals surface area contributed by atoms with Crippen LogP contribution in [0, 0.1) is 11.3 Å². The number of nitrogens with zero attached hydrogens (tertiary/aromatic N) is 2. The van der Waals surface area contributed by atoms with Gasteiger partial charge >= 0.3 is 0 Å². The number of nitrogens with one attached hydrogen (secondary N) is 1. The molecule has 1 aromatic carbocycles. The first-order chi connectivity index (χ1) is 9.56. The smallest absolute Gasteiger partial charge is 0.235 e. The monoisotopic (exact) mass is 315 g/mol. The minimum atomic E-state index is -0.264. The molecular formula is C13H15Cl2N3O2. The van der Waals surface area contributed by atoms with Crippen LogP contribution in [0.3, 0.4) is 0 Å². The number of carbonyl (C=O) groups excluding carboxylic acids is 1. The lowest BCUT2D eigenvalue weighted by molar-refractivity contribution is -0.122. The molecule has 20 heavy (non-hydrogen) atoms. The molecule has 0 aromatic heterocycles. The predicted molar refractivity (Wildman–Crippen MR) is 77.4 cm³/mol. The van der Waals surface area contributed by atoms with Crippen LogP contribution in [0.4, 0.5) is 0 Å². The molecule has 0 aliphatic carbocycles. The van der Waals surface area contributed by atoms with E-state index < -0.39 is 0 Å². The molecule has 0 saturated carbocycles. The van der Waals surface area contributed by atoms with Gasteiger partial charge in [0, 0.05) is 13.1 Å². The zero-order chi connectivity index (χ0) is 15.0. The molecule has 1 amide bonds. The molecule has 108 valence electrons. The average molecular weight is 316 g/mol. The van der Waals surface area contributed by atoms with E-state index in [9.17, 15) is 4.79 Å². The molecule has 0 unspecified atom stereocenters. The lowest BCUT2D eigenvalue weighted by Crippen LogP contribution is -2.38. The van der Waals surface area contributed by atoms with Crippen molar-refractivity contribution in [1.29, 1.82) is 5.26 Å². The maximum Gasteiger partial charge on any atom is 0.235 e. The van der Waals surface area contributed by atoms with Crippen LogP contribution in [-0.4, -0.2) is 42.2 Å². The van der Waals surface area contributed by atoms with Gasteiger partial charge in [0.1, 0.15) is 6.54 Å². The highest BCUT2D eigenvalue weighted by atomic mass is 35.5. The number of hydrogen-bond acceptors (Lipinski definition) is 4. The van der Waals surface area contributed by atoms with Crippen molar-refractivity contribution in [3.05, 3.63) is 33.8 Å². The Morgan fingerprint density at radius 3 is 2.75 bits per heavy atom. The third-order valence-electron chi connectivity index (χ3n) is 2.54. The van der Waals surface area contributed by atoms with Crippen molar-refractivity contribution in [2.24, 2.45) is 0 Å². The van der Waals surface area contributed by atoms with Crippen molar-refractivity contribution in [2.75, 3.05) is 26.2 Å². The van der Waals surface area contributed by atoms with Crippen molar-refractivity contribution in [3.8, 4) is 6.07 Å². The minimum Gasteiger partial charge on any atom is -0.395 e. The van der Waals surface area contributed by atoms with Gasteiger partial charge < -0.3 is 10.4 Å². The Bertz CT molecular complexity index is 503. The predicted octanol–water partition coefficient (Wildman–Crippen LogP) is 1.43. The number of aliphatic hydroxyl groups is 1. The fourth-order valence-electron chi connectivity index (χ4n) is 1.65. The maximum absolute atomic E-state index is 11.6. The van der Waals surface area contributed by atoms with Gasteiger partial charge in [-0.2, -0.15) is 5.26 Å². The highest BCUT2D eigenvalue weighted by Gasteiger charge is 2.11. The van der Waals surface area contributed by atoms with E-state index in [0.717, 1.165) is 5.56 Å². The molecule has 1 aromatic rings. The number of halogens is 2. The summed E-state index contributed by atoms with van der Waals surface area (Å²) in [7, 11) is 0. The van der Waals surface area contributed by atoms with Crippen molar-refractivity contribution in [3.63, 3.8) is 0 Å². The van der Waals surface area contributed by atoms with Gasteiger partial charge in [0.25, 0.3) is 0 Å². The van der Waals surface area contributed by atoms with Crippen LogP contribution in [0.2, 0.25) is 10.0 Å². The molecule has 0 aliphatic rings. The molecule has 1 rings (SSSR count). The van der Waals surface area contributed by atoms with Crippen LogP contribution in [0.5, 0.6) is 0 Å². The van der Waals surface area contributed by atoms with Crippen molar-refractivity contribution in [1.82, 2.24) is 10.2 Å². The van der Waals surface area contributed by atoms with Gasteiger partial charge in [-0.15, -0.1) is 0 Å². The Morgan fingerprint density at radius 2 is 2.15 bits per heavy atom. The summed E-state index contributed by atoms with van der Waals surface area (Å²) in [6, 6.07) is 7.06. The second-order valence-electron chi connectivity index (χ2n) is 4.12. The molecule has 0 bridgehead atoms. The Hall–Kier alpha value is -1.32. The normalized spacial score (nSPS) is 10.3. The van der Waals surface area contributed by atoms with E-state index in [0.29, 0.717) is 23.1 Å². The largest absolute Gasteiger partial charge is 0.395 e. The topological polar surface area (TPSA) is 76.4 Å². The van der Waals surface area contributed by atoms with Crippen molar-refractivity contribution < 1.29 is 9.90 Å². The number of benzene rings is 1. The summed E-state index contributed by atoms with van der Waals surface area (Å²) < 4.78 is 0. The fourth-order valence-corrected chi connectivity index (χ4v) is 1.97. The first-order valence-corrected chi connectivity index (χ1v) is 6.73. The molecule has 5 nitrogen and oxygen atoms in total. The Labute approximate surface area is 127 Å². The lowest BCUT2D eigenvalue weighted by atomic mass is 10.2. The van der Waals surface area contributed by atoms with Gasteiger partial charge in [-0.1, -0.05) is 29.3 Å². The molecule has 0 saturated heterocycles. The summed E-state index contributed by atoms with van der Waals surface area (Å²) >= 11 is 11.8. The van der Waals surface area contributed by atoms with Crippen LogP contribution in [-0.2, 0) is 11.3 Å². The van der Waals surface area contributed by atoms with Gasteiger partial charge in [-0.3, -0.25) is 9.69 Å². The SMILES string of the molecule is N#CCNC(=O)CN(CCO)Cc1ccc(Cl)c(Cl)c1. The van der Waals surface area contributed by atoms with Crippen LogP contribution < -0.4 is 5.32 Å². The van der Waals surface area contributed by atoms with Crippen LogP contribution >= 0.6 is 23.2 Å². The molecule has 0 radical (unpaired) electrons. The van der Waals surface area contributed by atoms with Crippen molar-refractivity contribution in [2.45, 2.75) is 6.54 Å². The Morgan fingerprint density at radius 1 is 1.40 bits per heavy atom. The maximum atomic E-state index is 11.6. The molecule has 0 atom stereocenters. The van der Waals surface area contributed by atoms with Crippen LogP contribution in [0.1, 0.15) is 5.56 Å². The first-order valence-electron chi connectivity index (χ1n) is 5.97. The molecule has 0 aliphatic heterocycles. The quantitative estimate of drug-likeness (QED) is 0.746. The van der Waals surface area contributed by atoms with E-state index in [-0.39, 0.29) is 25.6 Å². The van der Waals surface area contributed by atoms with E-state index in [1.165, 1.54) is 0 Å². The van der Waals surface area contributed by atoms with Gasteiger partial charge in [0.15, 0.2) is 0 Å². The Kier molecular flexibility index (Phi) is 7.34. The zero-order valence-corrected chi connectivity index (χ0v) is 12.3. The van der Waals surface area contributed by atoms with Gasteiger partial charge in [0.2, 0.25) is 5.91 Å². The second kappa shape index (κ2) is 8.77. The molecule has 2 N–H and O–H groups in total. The number of amides is 1. The van der Waals surface area contributed by atoms with Crippen molar-refractivity contribution >= 4 is 29.1 Å². The first kappa shape index (κ1) is 16.7. The second-order valence-corrected chi connectivity index (χ2v) is 4.93. The molecule has 0 fully saturated rings.